The maximum absolute atomic E-state index is 12.3. The van der Waals surface area contributed by atoms with Crippen molar-refractivity contribution in [3.63, 3.8) is 0 Å². The zero-order valence-electron chi connectivity index (χ0n) is 12.2. The minimum atomic E-state index is -1.21. The normalized spacial score (nSPS) is 18.3. The maximum atomic E-state index is 12.3. The first-order chi connectivity index (χ1) is 9.99. The van der Waals surface area contributed by atoms with Gasteiger partial charge in [-0.1, -0.05) is 0 Å². The van der Waals surface area contributed by atoms with Crippen LogP contribution in [0, 0.1) is 5.21 Å². The van der Waals surface area contributed by atoms with Gasteiger partial charge in [0.1, 0.15) is 11.8 Å². The minimum absolute atomic E-state index is 0.00662. The Morgan fingerprint density at radius 2 is 2.24 bits per heavy atom. The topological polar surface area (TPSA) is 92.5 Å². The molecule has 1 aromatic rings. The Balaban J connectivity index is 2.53. The number of benzene rings is 1. The molecule has 0 saturated heterocycles. The Morgan fingerprint density at radius 1 is 1.52 bits per heavy atom. The Kier molecular flexibility index (Phi) is 4.71. The van der Waals surface area contributed by atoms with Crippen LogP contribution < -0.4 is 19.2 Å². The van der Waals surface area contributed by atoms with Gasteiger partial charge in [0, 0.05) is 0 Å². The standard InChI is InChI=1S/C13H18BNO6/c1-4-15(18)13(16)11-9(19-5-2)6-7-10-12(11)21-14(17)8(3)20-10/h6-8,15,17H,4-5H2,1-3H3. The fraction of sp³-hybridized carbons (Fsp3) is 0.462. The summed E-state index contributed by atoms with van der Waals surface area (Å²) >= 11 is 0. The van der Waals surface area contributed by atoms with E-state index in [4.69, 9.17) is 14.1 Å². The molecule has 0 aliphatic carbocycles. The van der Waals surface area contributed by atoms with Crippen molar-refractivity contribution in [3.8, 4) is 17.2 Å². The zero-order chi connectivity index (χ0) is 15.6. The van der Waals surface area contributed by atoms with Gasteiger partial charge in [-0.15, -0.1) is 0 Å². The molecule has 114 valence electrons. The first-order valence-electron chi connectivity index (χ1n) is 6.88. The van der Waals surface area contributed by atoms with E-state index in [2.05, 4.69) is 0 Å². The highest BCUT2D eigenvalue weighted by molar-refractivity contribution is 6.46. The lowest BCUT2D eigenvalue weighted by Gasteiger charge is -2.29. The summed E-state index contributed by atoms with van der Waals surface area (Å²) in [6, 6.07) is 2.59. The summed E-state index contributed by atoms with van der Waals surface area (Å²) in [5.41, 5.74) is 0.00662. The predicted octanol–water partition coefficient (Wildman–Crippen LogP) is -0.193. The predicted molar refractivity (Wildman–Crippen MR) is 75.5 cm³/mol. The monoisotopic (exact) mass is 295 g/mol. The molecule has 1 heterocycles. The number of nitrogens with one attached hydrogen (secondary N) is 1. The summed E-state index contributed by atoms with van der Waals surface area (Å²) in [4.78, 5) is 12.3. The highest BCUT2D eigenvalue weighted by Gasteiger charge is 2.38. The van der Waals surface area contributed by atoms with Gasteiger partial charge in [0.2, 0.25) is 0 Å². The fourth-order valence-electron chi connectivity index (χ4n) is 2.02. The summed E-state index contributed by atoms with van der Waals surface area (Å²) in [7, 11) is -1.21. The van der Waals surface area contributed by atoms with E-state index in [0.29, 0.717) is 12.4 Å². The van der Waals surface area contributed by atoms with E-state index in [-0.39, 0.29) is 23.6 Å². The van der Waals surface area contributed by atoms with Crippen LogP contribution in [0.2, 0.25) is 0 Å². The third-order valence-electron chi connectivity index (χ3n) is 3.14. The smallest absolute Gasteiger partial charge is 0.566 e. The van der Waals surface area contributed by atoms with Crippen LogP contribution >= 0.6 is 0 Å². The van der Waals surface area contributed by atoms with E-state index in [1.807, 2.05) is 0 Å². The lowest BCUT2D eigenvalue weighted by atomic mass is 9.81. The van der Waals surface area contributed by atoms with Crippen LogP contribution in [-0.2, 0) is 0 Å². The third kappa shape index (κ3) is 2.97. The van der Waals surface area contributed by atoms with E-state index < -0.39 is 24.1 Å². The molecule has 2 N–H and O–H groups in total. The van der Waals surface area contributed by atoms with Crippen LogP contribution in [0.4, 0.5) is 0 Å². The quantitative estimate of drug-likeness (QED) is 0.591. The largest absolute Gasteiger partial charge is 0.626 e. The molecule has 1 aliphatic rings. The minimum Gasteiger partial charge on any atom is -0.626 e. The van der Waals surface area contributed by atoms with Gasteiger partial charge < -0.3 is 29.4 Å². The molecule has 1 aliphatic heterocycles. The molecule has 21 heavy (non-hydrogen) atoms. The molecule has 0 radical (unpaired) electrons. The molecule has 2 unspecified atom stereocenters. The molecule has 1 amide bonds. The highest BCUT2D eigenvalue weighted by Crippen LogP contribution is 2.40. The number of ether oxygens (including phenoxy) is 2. The van der Waals surface area contributed by atoms with E-state index in [1.54, 1.807) is 32.9 Å². The molecule has 7 nitrogen and oxygen atoms in total. The summed E-state index contributed by atoms with van der Waals surface area (Å²) in [5, 5.41) is 20.9. The number of amides is 1. The van der Waals surface area contributed by atoms with Crippen molar-refractivity contribution in [2.75, 3.05) is 13.2 Å². The molecule has 0 fully saturated rings. The summed E-state index contributed by atoms with van der Waals surface area (Å²) in [6.07, 6.45) is 0. The number of carbonyl (C=O) groups excluding carboxylic acids is 1. The molecular weight excluding hydrogens is 277 g/mol. The number of carbonyl (C=O) groups is 1. The number of fused-ring (bicyclic) bond motifs is 1. The highest BCUT2D eigenvalue weighted by atomic mass is 16.6. The summed E-state index contributed by atoms with van der Waals surface area (Å²) < 4.78 is 16.2. The van der Waals surface area contributed by atoms with Crippen molar-refractivity contribution in [2.24, 2.45) is 0 Å². The van der Waals surface area contributed by atoms with Gasteiger partial charge in [0.15, 0.2) is 17.1 Å². The van der Waals surface area contributed by atoms with E-state index in [9.17, 15) is 15.0 Å². The Labute approximate surface area is 123 Å². The summed E-state index contributed by atoms with van der Waals surface area (Å²) in [6.45, 7) is 5.42. The number of quaternary nitrogens is 1. The van der Waals surface area contributed by atoms with Crippen molar-refractivity contribution >= 4 is 13.0 Å². The summed E-state index contributed by atoms with van der Waals surface area (Å²) in [5.74, 6) is -0.0987. The molecule has 8 heteroatoms. The number of hydroxylamine groups is 2. The molecular formula is C13H18BNO6. The Bertz CT molecular complexity index is 538. The molecule has 0 bridgehead atoms. The number of hydrogen-bond acceptors (Lipinski definition) is 6. The van der Waals surface area contributed by atoms with Gasteiger partial charge in [-0.25, -0.2) is 4.79 Å². The Morgan fingerprint density at radius 3 is 2.86 bits per heavy atom. The number of rotatable bonds is 4. The van der Waals surface area contributed by atoms with Crippen LogP contribution in [0.15, 0.2) is 12.1 Å². The second kappa shape index (κ2) is 6.34. The van der Waals surface area contributed by atoms with Gasteiger partial charge in [0.25, 0.3) is 0 Å². The molecule has 1 aromatic carbocycles. The van der Waals surface area contributed by atoms with Crippen LogP contribution in [0.25, 0.3) is 0 Å². The van der Waals surface area contributed by atoms with Crippen molar-refractivity contribution in [2.45, 2.75) is 26.8 Å². The van der Waals surface area contributed by atoms with E-state index >= 15 is 0 Å². The molecule has 0 spiro atoms. The lowest BCUT2D eigenvalue weighted by molar-refractivity contribution is -0.755. The lowest BCUT2D eigenvalue weighted by Crippen LogP contribution is -3.09. The SMILES string of the molecule is CCOc1ccc2c(c1C(=O)[NH+]([O-])CC)OB(O)C(C)O2. The first-order valence-corrected chi connectivity index (χ1v) is 6.88. The van der Waals surface area contributed by atoms with Crippen LogP contribution in [0.5, 0.6) is 17.2 Å². The molecule has 0 aromatic heterocycles. The van der Waals surface area contributed by atoms with Crippen molar-refractivity contribution in [3.05, 3.63) is 22.9 Å². The van der Waals surface area contributed by atoms with Gasteiger partial charge in [-0.3, -0.25) is 0 Å². The maximum Gasteiger partial charge on any atom is 0.566 e. The van der Waals surface area contributed by atoms with E-state index in [1.165, 1.54) is 0 Å². The second-order valence-corrected chi connectivity index (χ2v) is 4.64. The van der Waals surface area contributed by atoms with Gasteiger partial charge >= 0.3 is 13.0 Å². The fourth-order valence-corrected chi connectivity index (χ4v) is 2.02. The van der Waals surface area contributed by atoms with Crippen molar-refractivity contribution in [1.29, 1.82) is 0 Å². The van der Waals surface area contributed by atoms with Crippen LogP contribution in [0.1, 0.15) is 31.1 Å². The second-order valence-electron chi connectivity index (χ2n) is 4.64. The molecule has 2 rings (SSSR count). The first kappa shape index (κ1) is 15.6. The van der Waals surface area contributed by atoms with Gasteiger partial charge in [-0.05, 0) is 32.9 Å². The third-order valence-corrected chi connectivity index (χ3v) is 3.14. The van der Waals surface area contributed by atoms with Crippen LogP contribution in [-0.4, -0.2) is 37.2 Å². The van der Waals surface area contributed by atoms with Crippen LogP contribution in [0.3, 0.4) is 0 Å². The van der Waals surface area contributed by atoms with Gasteiger partial charge in [-0.2, -0.15) is 0 Å². The molecule has 2 atom stereocenters. The van der Waals surface area contributed by atoms with Crippen molar-refractivity contribution in [1.82, 2.24) is 0 Å². The average Bonchev–Trinajstić information content (AvgIpc) is 2.47. The zero-order valence-corrected chi connectivity index (χ0v) is 12.2. The average molecular weight is 295 g/mol. The van der Waals surface area contributed by atoms with Crippen molar-refractivity contribution < 1.29 is 29.0 Å². The van der Waals surface area contributed by atoms with E-state index in [0.717, 1.165) is 0 Å². The van der Waals surface area contributed by atoms with Gasteiger partial charge in [0.05, 0.1) is 13.2 Å². The Hall–Kier alpha value is -1.77. The number of hydrogen-bond donors (Lipinski definition) is 2. The molecule has 0 saturated carbocycles.